The summed E-state index contributed by atoms with van der Waals surface area (Å²) in [7, 11) is 0. The summed E-state index contributed by atoms with van der Waals surface area (Å²) in [6, 6.07) is 6.79. The summed E-state index contributed by atoms with van der Waals surface area (Å²) in [5.74, 6) is 0.228. The second kappa shape index (κ2) is 6.25. The molecule has 3 rings (SSSR count). The standard InChI is InChI=1S/C15H11ClN2O6/c16-11-3-8(4-13-14(11)24-7-23-13)6-22-15(19)10-2-1-9(18(20)21)5-12(10)17/h1-5H,6-7,17H2. The average Bonchev–Trinajstić information content (AvgIpc) is 3.01. The SMILES string of the molecule is Nc1cc([N+](=O)[O-])ccc1C(=O)OCc1cc(Cl)c2c(c1)OCO2. The molecule has 0 spiro atoms. The minimum Gasteiger partial charge on any atom is -0.457 e. The lowest BCUT2D eigenvalue weighted by Gasteiger charge is -2.08. The van der Waals surface area contributed by atoms with Crippen molar-refractivity contribution in [1.82, 2.24) is 0 Å². The van der Waals surface area contributed by atoms with Gasteiger partial charge in [0.2, 0.25) is 6.79 Å². The smallest absolute Gasteiger partial charge is 0.340 e. The highest BCUT2D eigenvalue weighted by Gasteiger charge is 2.20. The van der Waals surface area contributed by atoms with Crippen LogP contribution in [0.1, 0.15) is 15.9 Å². The number of nitrogen functional groups attached to an aromatic ring is 1. The minimum absolute atomic E-state index is 0.0297. The first-order chi connectivity index (χ1) is 11.5. The number of nitro groups is 1. The Bertz CT molecular complexity index is 839. The molecule has 0 fully saturated rings. The van der Waals surface area contributed by atoms with Crippen molar-refractivity contribution in [1.29, 1.82) is 0 Å². The second-order valence-electron chi connectivity index (χ2n) is 4.92. The van der Waals surface area contributed by atoms with Gasteiger partial charge >= 0.3 is 5.97 Å². The fraction of sp³-hybridized carbons (Fsp3) is 0.133. The van der Waals surface area contributed by atoms with Crippen LogP contribution >= 0.6 is 11.6 Å². The number of nitro benzene ring substituents is 1. The predicted molar refractivity (Wildman–Crippen MR) is 84.2 cm³/mol. The lowest BCUT2D eigenvalue weighted by Crippen LogP contribution is -2.08. The third-order valence-corrected chi connectivity index (χ3v) is 3.60. The van der Waals surface area contributed by atoms with Crippen LogP contribution < -0.4 is 15.2 Å². The molecule has 2 aromatic rings. The molecule has 1 aliphatic heterocycles. The molecule has 1 heterocycles. The molecule has 0 saturated carbocycles. The van der Waals surface area contributed by atoms with Gasteiger partial charge in [0.1, 0.15) is 6.61 Å². The van der Waals surface area contributed by atoms with Crippen LogP contribution in [0.2, 0.25) is 5.02 Å². The Labute approximate surface area is 140 Å². The maximum atomic E-state index is 12.1. The van der Waals surface area contributed by atoms with Gasteiger partial charge in [-0.05, 0) is 23.8 Å². The third kappa shape index (κ3) is 3.04. The van der Waals surface area contributed by atoms with E-state index in [0.717, 1.165) is 6.07 Å². The number of carbonyl (C=O) groups is 1. The van der Waals surface area contributed by atoms with E-state index >= 15 is 0 Å². The van der Waals surface area contributed by atoms with Crippen LogP contribution in [0.4, 0.5) is 11.4 Å². The topological polar surface area (TPSA) is 114 Å². The number of hydrogen-bond acceptors (Lipinski definition) is 7. The number of fused-ring (bicyclic) bond motifs is 1. The summed E-state index contributed by atoms with van der Waals surface area (Å²) in [4.78, 5) is 22.1. The maximum absolute atomic E-state index is 12.1. The van der Waals surface area contributed by atoms with E-state index in [1.807, 2.05) is 0 Å². The first kappa shape index (κ1) is 15.9. The van der Waals surface area contributed by atoms with E-state index in [1.165, 1.54) is 12.1 Å². The maximum Gasteiger partial charge on any atom is 0.340 e. The number of ether oxygens (including phenoxy) is 3. The van der Waals surface area contributed by atoms with Gasteiger partial charge in [-0.15, -0.1) is 0 Å². The monoisotopic (exact) mass is 350 g/mol. The summed E-state index contributed by atoms with van der Waals surface area (Å²) < 4.78 is 15.6. The number of carbonyl (C=O) groups excluding carboxylic acids is 1. The molecule has 9 heteroatoms. The number of nitrogens with two attached hydrogens (primary N) is 1. The molecule has 8 nitrogen and oxygen atoms in total. The van der Waals surface area contributed by atoms with Crippen molar-refractivity contribution in [2.45, 2.75) is 6.61 Å². The molecular weight excluding hydrogens is 340 g/mol. The van der Waals surface area contributed by atoms with Crippen LogP contribution in [0.5, 0.6) is 11.5 Å². The van der Waals surface area contributed by atoms with Crippen molar-refractivity contribution in [2.75, 3.05) is 12.5 Å². The van der Waals surface area contributed by atoms with E-state index < -0.39 is 10.9 Å². The Morgan fingerprint density at radius 1 is 1.33 bits per heavy atom. The van der Waals surface area contributed by atoms with E-state index in [9.17, 15) is 14.9 Å². The zero-order valence-corrected chi connectivity index (χ0v) is 12.9. The van der Waals surface area contributed by atoms with Crippen LogP contribution in [0.3, 0.4) is 0 Å². The Balaban J connectivity index is 1.72. The highest BCUT2D eigenvalue weighted by Crippen LogP contribution is 2.40. The third-order valence-electron chi connectivity index (χ3n) is 3.32. The number of non-ortho nitro benzene ring substituents is 1. The van der Waals surface area contributed by atoms with Gasteiger partial charge in [-0.3, -0.25) is 10.1 Å². The summed E-state index contributed by atoms with van der Waals surface area (Å²) in [5, 5.41) is 11.0. The van der Waals surface area contributed by atoms with Crippen LogP contribution in [0.25, 0.3) is 0 Å². The van der Waals surface area contributed by atoms with Gasteiger partial charge in [-0.2, -0.15) is 0 Å². The summed E-state index contributed by atoms with van der Waals surface area (Å²) >= 11 is 6.05. The molecule has 0 amide bonds. The molecular formula is C15H11ClN2O6. The van der Waals surface area contributed by atoms with E-state index in [0.29, 0.717) is 22.1 Å². The zero-order valence-electron chi connectivity index (χ0n) is 12.2. The Hall–Kier alpha value is -3.00. The Morgan fingerprint density at radius 2 is 2.12 bits per heavy atom. The lowest BCUT2D eigenvalue weighted by atomic mass is 10.1. The molecule has 2 aromatic carbocycles. The average molecular weight is 351 g/mol. The first-order valence-electron chi connectivity index (χ1n) is 6.75. The molecule has 0 aliphatic carbocycles. The number of esters is 1. The second-order valence-corrected chi connectivity index (χ2v) is 5.32. The molecule has 24 heavy (non-hydrogen) atoms. The molecule has 0 aromatic heterocycles. The van der Waals surface area contributed by atoms with Crippen molar-refractivity contribution in [3.63, 3.8) is 0 Å². The van der Waals surface area contributed by atoms with E-state index in [-0.39, 0.29) is 30.3 Å². The molecule has 124 valence electrons. The van der Waals surface area contributed by atoms with Crippen LogP contribution in [0, 0.1) is 10.1 Å². The fourth-order valence-corrected chi connectivity index (χ4v) is 2.47. The van der Waals surface area contributed by atoms with Gasteiger partial charge in [0.05, 0.1) is 21.2 Å². The summed E-state index contributed by atoms with van der Waals surface area (Å²) in [6.45, 7) is 0.0171. The number of rotatable bonds is 4. The highest BCUT2D eigenvalue weighted by molar-refractivity contribution is 6.32. The molecule has 0 bridgehead atoms. The molecule has 1 aliphatic rings. The summed E-state index contributed by atoms with van der Waals surface area (Å²) in [5.41, 5.74) is 6.09. The molecule has 0 atom stereocenters. The van der Waals surface area contributed by atoms with Gasteiger partial charge in [0.15, 0.2) is 11.5 Å². The molecule has 2 N–H and O–H groups in total. The van der Waals surface area contributed by atoms with Crippen molar-refractivity contribution in [3.8, 4) is 11.5 Å². The van der Waals surface area contributed by atoms with Gasteiger partial charge in [-0.1, -0.05) is 11.6 Å². The quantitative estimate of drug-likeness (QED) is 0.390. The number of hydrogen-bond donors (Lipinski definition) is 1. The Morgan fingerprint density at radius 3 is 2.83 bits per heavy atom. The van der Waals surface area contributed by atoms with Crippen LogP contribution in [-0.4, -0.2) is 17.7 Å². The van der Waals surface area contributed by atoms with Gasteiger partial charge in [0.25, 0.3) is 5.69 Å². The van der Waals surface area contributed by atoms with Crippen molar-refractivity contribution >= 4 is 28.9 Å². The largest absolute Gasteiger partial charge is 0.457 e. The van der Waals surface area contributed by atoms with Gasteiger partial charge < -0.3 is 19.9 Å². The normalized spacial score (nSPS) is 12.0. The highest BCUT2D eigenvalue weighted by atomic mass is 35.5. The van der Waals surface area contributed by atoms with Crippen molar-refractivity contribution < 1.29 is 23.9 Å². The minimum atomic E-state index is -0.698. The fourth-order valence-electron chi connectivity index (χ4n) is 2.18. The predicted octanol–water partition coefficient (Wildman–Crippen LogP) is 2.92. The number of nitrogens with zero attached hydrogens (tertiary/aromatic N) is 1. The van der Waals surface area contributed by atoms with Gasteiger partial charge in [-0.25, -0.2) is 4.79 Å². The van der Waals surface area contributed by atoms with Gasteiger partial charge in [0, 0.05) is 12.1 Å². The number of anilines is 1. The lowest BCUT2D eigenvalue weighted by molar-refractivity contribution is -0.384. The van der Waals surface area contributed by atoms with E-state index in [1.54, 1.807) is 12.1 Å². The van der Waals surface area contributed by atoms with E-state index in [4.69, 9.17) is 31.5 Å². The van der Waals surface area contributed by atoms with Crippen LogP contribution in [0.15, 0.2) is 30.3 Å². The Kier molecular flexibility index (Phi) is 4.13. The van der Waals surface area contributed by atoms with Crippen molar-refractivity contribution in [2.24, 2.45) is 0 Å². The number of halogens is 1. The zero-order chi connectivity index (χ0) is 17.3. The number of benzene rings is 2. The molecule has 0 saturated heterocycles. The molecule has 0 unspecified atom stereocenters. The van der Waals surface area contributed by atoms with Crippen LogP contribution in [-0.2, 0) is 11.3 Å². The van der Waals surface area contributed by atoms with Crippen molar-refractivity contribution in [3.05, 3.63) is 56.6 Å². The molecule has 0 radical (unpaired) electrons. The first-order valence-corrected chi connectivity index (χ1v) is 7.12. The summed E-state index contributed by atoms with van der Waals surface area (Å²) in [6.07, 6.45) is 0. The van der Waals surface area contributed by atoms with E-state index in [2.05, 4.69) is 0 Å².